The predicted octanol–water partition coefficient (Wildman–Crippen LogP) is 3.47. The van der Waals surface area contributed by atoms with Gasteiger partial charge in [0, 0.05) is 34.5 Å². The Morgan fingerprint density at radius 3 is 2.95 bits per heavy atom. The largest absolute Gasteiger partial charge is 0.361 e. The molecule has 2 aromatic heterocycles. The summed E-state index contributed by atoms with van der Waals surface area (Å²) in [6.45, 7) is 0. The van der Waals surface area contributed by atoms with Gasteiger partial charge in [0.05, 0.1) is 0 Å². The van der Waals surface area contributed by atoms with Crippen molar-refractivity contribution in [2.75, 3.05) is 5.32 Å². The van der Waals surface area contributed by atoms with Gasteiger partial charge in [0.2, 0.25) is 0 Å². The Kier molecular flexibility index (Phi) is 2.93. The second-order valence-electron chi connectivity index (χ2n) is 4.10. The van der Waals surface area contributed by atoms with Crippen LogP contribution in [0.25, 0.3) is 10.9 Å². The summed E-state index contributed by atoms with van der Waals surface area (Å²) in [4.78, 5) is 19.0. The van der Waals surface area contributed by atoms with E-state index in [0.717, 1.165) is 16.6 Å². The minimum absolute atomic E-state index is 0.209. The van der Waals surface area contributed by atoms with Crippen LogP contribution < -0.4 is 5.32 Å². The van der Waals surface area contributed by atoms with Gasteiger partial charge in [0.15, 0.2) is 0 Å². The first kappa shape index (κ1) is 11.7. The number of halogens is 1. The van der Waals surface area contributed by atoms with E-state index in [9.17, 15) is 4.79 Å². The summed E-state index contributed by atoms with van der Waals surface area (Å²) in [5.41, 5.74) is 2.25. The van der Waals surface area contributed by atoms with Gasteiger partial charge < -0.3 is 10.3 Å². The second kappa shape index (κ2) is 4.74. The van der Waals surface area contributed by atoms with E-state index in [4.69, 9.17) is 11.6 Å². The van der Waals surface area contributed by atoms with E-state index in [1.807, 2.05) is 30.5 Å². The average Bonchev–Trinajstić information content (AvgIpc) is 2.86. The van der Waals surface area contributed by atoms with E-state index in [-0.39, 0.29) is 5.91 Å². The maximum atomic E-state index is 12.0. The first-order valence-electron chi connectivity index (χ1n) is 5.72. The van der Waals surface area contributed by atoms with Gasteiger partial charge in [-0.3, -0.25) is 4.79 Å². The number of H-pyrrole nitrogens is 1. The molecule has 4 nitrogen and oxygen atoms in total. The van der Waals surface area contributed by atoms with Gasteiger partial charge in [-0.05, 0) is 36.4 Å². The molecule has 0 radical (unpaired) electrons. The number of benzene rings is 1. The third kappa shape index (κ3) is 2.44. The molecule has 2 heterocycles. The fourth-order valence-electron chi connectivity index (χ4n) is 1.88. The average molecular weight is 272 g/mol. The van der Waals surface area contributed by atoms with Crippen LogP contribution >= 0.6 is 11.6 Å². The highest BCUT2D eigenvalue weighted by Gasteiger charge is 2.07. The summed E-state index contributed by atoms with van der Waals surface area (Å²) in [7, 11) is 0. The summed E-state index contributed by atoms with van der Waals surface area (Å²) < 4.78 is 0. The molecule has 0 atom stereocenters. The number of rotatable bonds is 2. The van der Waals surface area contributed by atoms with Crippen LogP contribution in [0.5, 0.6) is 0 Å². The zero-order chi connectivity index (χ0) is 13.2. The van der Waals surface area contributed by atoms with Crippen LogP contribution in [0.3, 0.4) is 0 Å². The SMILES string of the molecule is O=C(Nc1ccc2[nH]ccc2c1)c1ccnc(Cl)c1. The summed E-state index contributed by atoms with van der Waals surface area (Å²) >= 11 is 5.76. The number of nitrogens with one attached hydrogen (secondary N) is 2. The number of nitrogens with zero attached hydrogens (tertiary/aromatic N) is 1. The van der Waals surface area contributed by atoms with Crippen LogP contribution in [-0.4, -0.2) is 15.9 Å². The van der Waals surface area contributed by atoms with Crippen molar-refractivity contribution < 1.29 is 4.79 Å². The van der Waals surface area contributed by atoms with Crippen LogP contribution in [0.4, 0.5) is 5.69 Å². The van der Waals surface area contributed by atoms with Crippen LogP contribution in [-0.2, 0) is 0 Å². The van der Waals surface area contributed by atoms with Gasteiger partial charge >= 0.3 is 0 Å². The molecule has 1 aromatic carbocycles. The molecule has 2 N–H and O–H groups in total. The summed E-state index contributed by atoms with van der Waals surface area (Å²) in [5.74, 6) is -0.209. The lowest BCUT2D eigenvalue weighted by atomic mass is 10.2. The number of fused-ring (bicyclic) bond motifs is 1. The van der Waals surface area contributed by atoms with Crippen molar-refractivity contribution >= 4 is 34.1 Å². The molecule has 3 aromatic rings. The van der Waals surface area contributed by atoms with E-state index >= 15 is 0 Å². The molecule has 3 rings (SSSR count). The van der Waals surface area contributed by atoms with Crippen molar-refractivity contribution in [3.63, 3.8) is 0 Å². The first-order chi connectivity index (χ1) is 9.22. The molecule has 0 spiro atoms. The van der Waals surface area contributed by atoms with Crippen molar-refractivity contribution in [3.05, 3.63) is 59.5 Å². The van der Waals surface area contributed by atoms with E-state index in [2.05, 4.69) is 15.3 Å². The molecule has 5 heteroatoms. The lowest BCUT2D eigenvalue weighted by Gasteiger charge is -2.05. The number of aromatic amines is 1. The van der Waals surface area contributed by atoms with E-state index < -0.39 is 0 Å². The minimum atomic E-state index is -0.209. The Hall–Kier alpha value is -2.33. The zero-order valence-corrected chi connectivity index (χ0v) is 10.6. The molecule has 0 bridgehead atoms. The topological polar surface area (TPSA) is 57.8 Å². The fraction of sp³-hybridized carbons (Fsp3) is 0. The van der Waals surface area contributed by atoms with E-state index in [0.29, 0.717) is 10.7 Å². The third-order valence-corrected chi connectivity index (χ3v) is 3.01. The van der Waals surface area contributed by atoms with Gasteiger partial charge in [-0.25, -0.2) is 4.98 Å². The number of hydrogen-bond donors (Lipinski definition) is 2. The van der Waals surface area contributed by atoms with E-state index in [1.54, 1.807) is 6.07 Å². The highest BCUT2D eigenvalue weighted by Crippen LogP contribution is 2.18. The summed E-state index contributed by atoms with van der Waals surface area (Å²) in [5, 5.41) is 4.17. The Bertz CT molecular complexity index is 751. The van der Waals surface area contributed by atoms with Gasteiger partial charge in [0.25, 0.3) is 5.91 Å². The first-order valence-corrected chi connectivity index (χ1v) is 6.10. The van der Waals surface area contributed by atoms with Crippen molar-refractivity contribution in [1.29, 1.82) is 0 Å². The Labute approximate surface area is 114 Å². The number of aromatic nitrogens is 2. The Balaban J connectivity index is 1.86. The molecular weight excluding hydrogens is 262 g/mol. The molecule has 94 valence electrons. The second-order valence-corrected chi connectivity index (χ2v) is 4.49. The number of amides is 1. The number of carbonyl (C=O) groups excluding carboxylic acids is 1. The zero-order valence-electron chi connectivity index (χ0n) is 9.85. The number of pyridine rings is 1. The van der Waals surface area contributed by atoms with Gasteiger partial charge in [0.1, 0.15) is 5.15 Å². The molecule has 19 heavy (non-hydrogen) atoms. The molecular formula is C14H10ClN3O. The Morgan fingerprint density at radius 2 is 2.11 bits per heavy atom. The molecule has 0 aliphatic heterocycles. The lowest BCUT2D eigenvalue weighted by molar-refractivity contribution is 0.102. The maximum absolute atomic E-state index is 12.0. The van der Waals surface area contributed by atoms with Crippen molar-refractivity contribution in [3.8, 4) is 0 Å². The summed E-state index contributed by atoms with van der Waals surface area (Å²) in [6, 6.07) is 10.8. The number of carbonyl (C=O) groups is 1. The Morgan fingerprint density at radius 1 is 1.21 bits per heavy atom. The standard InChI is InChI=1S/C14H10ClN3O/c15-13-8-10(4-6-17-13)14(19)18-11-1-2-12-9(7-11)3-5-16-12/h1-8,16H,(H,18,19). The van der Waals surface area contributed by atoms with Crippen LogP contribution in [0.2, 0.25) is 5.15 Å². The van der Waals surface area contributed by atoms with Gasteiger partial charge in [-0.15, -0.1) is 0 Å². The highest BCUT2D eigenvalue weighted by atomic mass is 35.5. The van der Waals surface area contributed by atoms with Crippen LogP contribution in [0.1, 0.15) is 10.4 Å². The molecule has 0 aliphatic rings. The van der Waals surface area contributed by atoms with Crippen LogP contribution in [0, 0.1) is 0 Å². The van der Waals surface area contributed by atoms with Gasteiger partial charge in [-0.1, -0.05) is 11.6 Å². The molecule has 0 unspecified atom stereocenters. The minimum Gasteiger partial charge on any atom is -0.361 e. The number of anilines is 1. The number of hydrogen-bond acceptors (Lipinski definition) is 2. The predicted molar refractivity (Wildman–Crippen MR) is 75.5 cm³/mol. The van der Waals surface area contributed by atoms with Crippen molar-refractivity contribution in [2.24, 2.45) is 0 Å². The maximum Gasteiger partial charge on any atom is 0.255 e. The van der Waals surface area contributed by atoms with Gasteiger partial charge in [-0.2, -0.15) is 0 Å². The van der Waals surface area contributed by atoms with Crippen molar-refractivity contribution in [1.82, 2.24) is 9.97 Å². The normalized spacial score (nSPS) is 10.6. The third-order valence-electron chi connectivity index (χ3n) is 2.80. The molecule has 0 aliphatic carbocycles. The molecule has 0 saturated carbocycles. The molecule has 0 fully saturated rings. The lowest BCUT2D eigenvalue weighted by Crippen LogP contribution is -2.11. The molecule has 1 amide bonds. The highest BCUT2D eigenvalue weighted by molar-refractivity contribution is 6.29. The quantitative estimate of drug-likeness (QED) is 0.701. The smallest absolute Gasteiger partial charge is 0.255 e. The monoisotopic (exact) mass is 271 g/mol. The molecule has 0 saturated heterocycles. The summed E-state index contributed by atoms with van der Waals surface area (Å²) in [6.07, 6.45) is 3.37. The van der Waals surface area contributed by atoms with Crippen molar-refractivity contribution in [2.45, 2.75) is 0 Å². The fourth-order valence-corrected chi connectivity index (χ4v) is 2.05. The van der Waals surface area contributed by atoms with Crippen LogP contribution in [0.15, 0.2) is 48.8 Å². The van der Waals surface area contributed by atoms with E-state index in [1.165, 1.54) is 12.3 Å².